The molecule has 13 heteroatoms. The molecule has 0 unspecified atom stereocenters. The maximum atomic E-state index is 5.47. The molecule has 0 amide bonds. The summed E-state index contributed by atoms with van der Waals surface area (Å²) in [5.41, 5.74) is 0. The number of alkyl halides is 1. The minimum absolute atomic E-state index is 0.233. The molecule has 12 nitrogen and oxygen atoms in total. The maximum Gasteiger partial charge on any atom is 0.0703 e. The van der Waals surface area contributed by atoms with Crippen molar-refractivity contribution in [1.29, 1.82) is 0 Å². The van der Waals surface area contributed by atoms with Gasteiger partial charge in [0.2, 0.25) is 0 Å². The Hall–Kier alpha value is 0.0000000000000000555. The van der Waals surface area contributed by atoms with E-state index in [9.17, 15) is 0 Å². The van der Waals surface area contributed by atoms with Crippen molar-refractivity contribution in [2.24, 2.45) is 0 Å². The van der Waals surface area contributed by atoms with Crippen LogP contribution in [0.2, 0.25) is 0 Å². The molecule has 0 atom stereocenters. The van der Waals surface area contributed by atoms with Gasteiger partial charge in [-0.15, -0.1) is 0 Å². The first kappa shape index (κ1) is 40.0. The van der Waals surface area contributed by atoms with Crippen molar-refractivity contribution in [2.45, 2.75) is 20.0 Å². The number of halogens is 1. The summed E-state index contributed by atoms with van der Waals surface area (Å²) >= 11 is 3.30. The molecule has 0 aliphatic heterocycles. The monoisotopic (exact) mass is 650 g/mol. The molecular weight excluding hydrogens is 596 g/mol. The maximum absolute atomic E-state index is 5.47. The fourth-order valence-corrected chi connectivity index (χ4v) is 2.93. The summed E-state index contributed by atoms with van der Waals surface area (Å²) in [5.74, 6) is 0. The lowest BCUT2D eigenvalue weighted by molar-refractivity contribution is -0.0292. The summed E-state index contributed by atoms with van der Waals surface area (Å²) in [6.45, 7) is 16.6. The van der Waals surface area contributed by atoms with Crippen LogP contribution in [-0.4, -0.2) is 163 Å². The highest BCUT2D eigenvalue weighted by atomic mass is 79.9. The van der Waals surface area contributed by atoms with Crippen LogP contribution >= 0.6 is 15.9 Å². The van der Waals surface area contributed by atoms with E-state index in [1.807, 2.05) is 13.8 Å². The molecule has 40 heavy (non-hydrogen) atoms. The molecule has 0 aliphatic carbocycles. The van der Waals surface area contributed by atoms with Crippen molar-refractivity contribution in [2.75, 3.05) is 157 Å². The van der Waals surface area contributed by atoms with Crippen LogP contribution in [0.15, 0.2) is 0 Å². The summed E-state index contributed by atoms with van der Waals surface area (Å²) in [4.78, 5) is 0. The fourth-order valence-electron chi connectivity index (χ4n) is 2.70. The number of ether oxygens (including phenoxy) is 12. The molecule has 0 saturated heterocycles. The smallest absolute Gasteiger partial charge is 0.0703 e. The van der Waals surface area contributed by atoms with E-state index in [4.69, 9.17) is 56.8 Å². The lowest BCUT2D eigenvalue weighted by Gasteiger charge is -2.09. The van der Waals surface area contributed by atoms with Crippen molar-refractivity contribution in [3.8, 4) is 0 Å². The molecule has 0 heterocycles. The lowest BCUT2D eigenvalue weighted by atomic mass is 10.5. The number of hydrogen-bond acceptors (Lipinski definition) is 12. The van der Waals surface area contributed by atoms with Gasteiger partial charge >= 0.3 is 0 Å². The Bertz CT molecular complexity index is 452. The third kappa shape index (κ3) is 38.0. The number of rotatable bonds is 36. The third-order valence-corrected chi connectivity index (χ3v) is 4.94. The van der Waals surface area contributed by atoms with Crippen LogP contribution in [0, 0.1) is 0 Å². The zero-order valence-electron chi connectivity index (χ0n) is 24.8. The van der Waals surface area contributed by atoms with Crippen LogP contribution in [0.3, 0.4) is 0 Å². The molecule has 0 saturated carbocycles. The van der Waals surface area contributed by atoms with Crippen LogP contribution in [0.5, 0.6) is 0 Å². The second-order valence-corrected chi connectivity index (χ2v) is 9.14. The highest BCUT2D eigenvalue weighted by Crippen LogP contribution is 1.89. The van der Waals surface area contributed by atoms with Gasteiger partial charge in [-0.2, -0.15) is 0 Å². The van der Waals surface area contributed by atoms with E-state index >= 15 is 0 Å². The Morgan fingerprint density at radius 2 is 0.475 bits per heavy atom. The van der Waals surface area contributed by atoms with Crippen molar-refractivity contribution < 1.29 is 56.8 Å². The van der Waals surface area contributed by atoms with Crippen LogP contribution in [0.4, 0.5) is 0 Å². The minimum Gasteiger partial charge on any atom is -0.378 e. The average molecular weight is 652 g/mol. The van der Waals surface area contributed by atoms with Crippen molar-refractivity contribution >= 4 is 15.9 Å². The molecule has 0 N–H and O–H groups in total. The van der Waals surface area contributed by atoms with E-state index in [0.29, 0.717) is 152 Å². The molecule has 242 valence electrons. The highest BCUT2D eigenvalue weighted by Gasteiger charge is 1.97. The van der Waals surface area contributed by atoms with Crippen molar-refractivity contribution in [1.82, 2.24) is 0 Å². The Balaban J connectivity index is 3.02. The Kier molecular flexibility index (Phi) is 37.0. The van der Waals surface area contributed by atoms with Crippen LogP contribution in [0.25, 0.3) is 0 Å². The summed E-state index contributed by atoms with van der Waals surface area (Å²) < 4.78 is 65.1. The second-order valence-electron chi connectivity index (χ2n) is 8.34. The lowest BCUT2D eigenvalue weighted by Crippen LogP contribution is -2.15. The standard InChI is InChI=1S/C27H55BrO12/c1-27(2)40-26-25-39-24-23-38-22-21-37-20-19-36-18-17-35-16-15-34-14-13-33-12-11-32-10-9-31-8-7-30-6-5-29-4-3-28/h27H,3-26H2,1-2H3. The van der Waals surface area contributed by atoms with Gasteiger partial charge in [0.15, 0.2) is 0 Å². The van der Waals surface area contributed by atoms with Gasteiger partial charge in [0.25, 0.3) is 0 Å². The van der Waals surface area contributed by atoms with E-state index in [0.717, 1.165) is 5.33 Å². The molecule has 0 aromatic carbocycles. The van der Waals surface area contributed by atoms with Gasteiger partial charge in [0.05, 0.1) is 158 Å². The minimum atomic E-state index is 0.233. The summed E-state index contributed by atoms with van der Waals surface area (Å²) in [6.07, 6.45) is 0.233. The quantitative estimate of drug-likeness (QED) is 0.0730. The molecule has 0 aliphatic rings. The molecule has 0 fully saturated rings. The van der Waals surface area contributed by atoms with Gasteiger partial charge in [0, 0.05) is 5.33 Å². The highest BCUT2D eigenvalue weighted by molar-refractivity contribution is 9.09. The second kappa shape index (κ2) is 37.0. The average Bonchev–Trinajstić information content (AvgIpc) is 2.95. The first-order valence-electron chi connectivity index (χ1n) is 14.3. The SMILES string of the molecule is CC(C)OCCOCCOCCOCCOCCOCCOCCOCCOCCOCCOCCOCCBr. The van der Waals surface area contributed by atoms with Gasteiger partial charge in [-0.3, -0.25) is 0 Å². The molecule has 0 spiro atoms. The Labute approximate surface area is 249 Å². The van der Waals surface area contributed by atoms with Gasteiger partial charge in [-0.25, -0.2) is 0 Å². The van der Waals surface area contributed by atoms with Crippen molar-refractivity contribution in [3.05, 3.63) is 0 Å². The largest absolute Gasteiger partial charge is 0.378 e. The van der Waals surface area contributed by atoms with E-state index in [1.165, 1.54) is 0 Å². The third-order valence-electron chi connectivity index (χ3n) is 4.62. The summed E-state index contributed by atoms with van der Waals surface area (Å²) in [6, 6.07) is 0. The van der Waals surface area contributed by atoms with Crippen LogP contribution in [-0.2, 0) is 56.8 Å². The fraction of sp³-hybridized carbons (Fsp3) is 1.00. The number of hydrogen-bond donors (Lipinski definition) is 0. The first-order valence-corrected chi connectivity index (χ1v) is 15.4. The Morgan fingerprint density at radius 1 is 0.300 bits per heavy atom. The van der Waals surface area contributed by atoms with Gasteiger partial charge in [-0.05, 0) is 13.8 Å². The summed E-state index contributed by atoms with van der Waals surface area (Å²) in [7, 11) is 0. The normalized spacial score (nSPS) is 11.7. The predicted octanol–water partition coefficient (Wildman–Crippen LogP) is 1.99. The van der Waals surface area contributed by atoms with Gasteiger partial charge < -0.3 is 56.8 Å². The molecule has 0 aromatic rings. The summed E-state index contributed by atoms with van der Waals surface area (Å²) in [5, 5.41) is 0.839. The zero-order valence-corrected chi connectivity index (χ0v) is 26.4. The van der Waals surface area contributed by atoms with Gasteiger partial charge in [0.1, 0.15) is 0 Å². The molecule has 0 radical (unpaired) electrons. The van der Waals surface area contributed by atoms with Crippen LogP contribution in [0.1, 0.15) is 13.8 Å². The van der Waals surface area contributed by atoms with Crippen molar-refractivity contribution in [3.63, 3.8) is 0 Å². The van der Waals surface area contributed by atoms with E-state index in [2.05, 4.69) is 15.9 Å². The van der Waals surface area contributed by atoms with E-state index < -0.39 is 0 Å². The molecular formula is C27H55BrO12. The first-order chi connectivity index (χ1) is 19.8. The predicted molar refractivity (Wildman–Crippen MR) is 154 cm³/mol. The topological polar surface area (TPSA) is 111 Å². The van der Waals surface area contributed by atoms with Crippen LogP contribution < -0.4 is 0 Å². The zero-order chi connectivity index (χ0) is 29.0. The van der Waals surface area contributed by atoms with E-state index in [-0.39, 0.29) is 6.10 Å². The van der Waals surface area contributed by atoms with E-state index in [1.54, 1.807) is 0 Å². The molecule has 0 aromatic heterocycles. The molecule has 0 rings (SSSR count). The Morgan fingerprint density at radius 3 is 0.650 bits per heavy atom. The molecule has 0 bridgehead atoms. The van der Waals surface area contributed by atoms with Gasteiger partial charge in [-0.1, -0.05) is 15.9 Å².